The number of hydrogen-bond donors (Lipinski definition) is 0. The summed E-state index contributed by atoms with van der Waals surface area (Å²) in [6.07, 6.45) is 2.15. The first-order valence-corrected chi connectivity index (χ1v) is 6.56. The van der Waals surface area contributed by atoms with E-state index in [4.69, 9.17) is 11.6 Å². The Kier molecular flexibility index (Phi) is 4.77. The lowest BCUT2D eigenvalue weighted by Crippen LogP contribution is -2.12. The molecule has 0 aromatic carbocycles. The quantitative estimate of drug-likeness (QED) is 0.701. The van der Waals surface area contributed by atoms with Gasteiger partial charge in [0, 0.05) is 10.3 Å². The van der Waals surface area contributed by atoms with Gasteiger partial charge in [-0.05, 0) is 46.8 Å². The van der Waals surface area contributed by atoms with Gasteiger partial charge in [-0.25, -0.2) is 0 Å². The third-order valence-electron chi connectivity index (χ3n) is 2.16. The van der Waals surface area contributed by atoms with Crippen molar-refractivity contribution in [1.82, 2.24) is 0 Å². The molecule has 1 heterocycles. The second-order valence-electron chi connectivity index (χ2n) is 3.31. The smallest absolute Gasteiger partial charge is 0.0701 e. The van der Waals surface area contributed by atoms with Crippen LogP contribution in [0.1, 0.15) is 25.1 Å². The van der Waals surface area contributed by atoms with Gasteiger partial charge in [0.2, 0.25) is 0 Å². The van der Waals surface area contributed by atoms with Gasteiger partial charge in [-0.2, -0.15) is 0 Å². The Bertz CT molecular complexity index is 259. The Hall–Kier alpha value is 0.470. The van der Waals surface area contributed by atoms with Gasteiger partial charge in [0.25, 0.3) is 0 Å². The highest BCUT2D eigenvalue weighted by atomic mass is 79.9. The van der Waals surface area contributed by atoms with Gasteiger partial charge in [0.1, 0.15) is 0 Å². The monoisotopic (exact) mass is 280 g/mol. The van der Waals surface area contributed by atoms with E-state index in [-0.39, 0.29) is 0 Å². The molecule has 2 unspecified atom stereocenters. The van der Waals surface area contributed by atoms with Crippen molar-refractivity contribution in [2.75, 3.05) is 0 Å². The van der Waals surface area contributed by atoms with Crippen LogP contribution in [0.25, 0.3) is 0 Å². The number of hydrogen-bond acceptors (Lipinski definition) is 1. The van der Waals surface area contributed by atoms with Crippen LogP contribution < -0.4 is 0 Å². The summed E-state index contributed by atoms with van der Waals surface area (Å²) in [6, 6.07) is 4.27. The van der Waals surface area contributed by atoms with Gasteiger partial charge in [-0.3, -0.25) is 0 Å². The van der Waals surface area contributed by atoms with E-state index in [0.29, 0.717) is 11.3 Å². The summed E-state index contributed by atoms with van der Waals surface area (Å²) in [4.78, 5) is 1.42. The van der Waals surface area contributed by atoms with Crippen molar-refractivity contribution in [1.29, 1.82) is 0 Å². The summed E-state index contributed by atoms with van der Waals surface area (Å²) >= 11 is 11.4. The standard InChI is InChI=1S/C10H14BrClS/c1-3-9(12)7(2)6-8-4-5-10(11)13-8/h4-5,7,9H,3,6H2,1-2H3. The normalized spacial score (nSPS) is 15.7. The average molecular weight is 282 g/mol. The van der Waals surface area contributed by atoms with Crippen molar-refractivity contribution in [2.45, 2.75) is 32.1 Å². The topological polar surface area (TPSA) is 0 Å². The van der Waals surface area contributed by atoms with E-state index in [1.807, 2.05) is 0 Å². The average Bonchev–Trinajstić information content (AvgIpc) is 2.49. The summed E-state index contributed by atoms with van der Waals surface area (Å²) in [5.41, 5.74) is 0. The van der Waals surface area contributed by atoms with Crippen LogP contribution in [0.4, 0.5) is 0 Å². The fourth-order valence-corrected chi connectivity index (χ4v) is 3.02. The maximum Gasteiger partial charge on any atom is 0.0701 e. The molecule has 1 rings (SSSR count). The number of thiophene rings is 1. The Morgan fingerprint density at radius 1 is 1.54 bits per heavy atom. The highest BCUT2D eigenvalue weighted by molar-refractivity contribution is 9.11. The summed E-state index contributed by atoms with van der Waals surface area (Å²) < 4.78 is 1.21. The van der Waals surface area contributed by atoms with Gasteiger partial charge in [0.05, 0.1) is 3.79 Å². The Morgan fingerprint density at radius 3 is 2.69 bits per heavy atom. The SMILES string of the molecule is CCC(Cl)C(C)Cc1ccc(Br)s1. The highest BCUT2D eigenvalue weighted by Crippen LogP contribution is 2.26. The Labute approximate surface area is 97.4 Å². The second-order valence-corrected chi connectivity index (χ2v) is 6.42. The van der Waals surface area contributed by atoms with E-state index in [2.05, 4.69) is 41.9 Å². The predicted octanol–water partition coefficient (Wildman–Crippen LogP) is 4.71. The van der Waals surface area contributed by atoms with Gasteiger partial charge >= 0.3 is 0 Å². The minimum atomic E-state index is 0.306. The molecule has 0 spiro atoms. The van der Waals surface area contributed by atoms with E-state index < -0.39 is 0 Å². The molecule has 0 aliphatic rings. The zero-order valence-corrected chi connectivity index (χ0v) is 11.0. The van der Waals surface area contributed by atoms with Crippen LogP contribution in [0, 0.1) is 5.92 Å². The first-order chi connectivity index (χ1) is 6.13. The van der Waals surface area contributed by atoms with Crippen molar-refractivity contribution >= 4 is 38.9 Å². The fourth-order valence-electron chi connectivity index (χ4n) is 1.31. The molecule has 0 N–H and O–H groups in total. The summed E-state index contributed by atoms with van der Waals surface area (Å²) in [5.74, 6) is 0.567. The zero-order valence-electron chi connectivity index (χ0n) is 7.89. The molecule has 0 fully saturated rings. The molecule has 2 atom stereocenters. The molecule has 1 aromatic heterocycles. The number of rotatable bonds is 4. The van der Waals surface area contributed by atoms with Gasteiger partial charge in [-0.15, -0.1) is 22.9 Å². The summed E-state index contributed by atoms with van der Waals surface area (Å²) in [5, 5.41) is 0.306. The van der Waals surface area contributed by atoms with Crippen LogP contribution in [-0.2, 0) is 6.42 Å². The summed E-state index contributed by atoms with van der Waals surface area (Å²) in [6.45, 7) is 4.35. The van der Waals surface area contributed by atoms with Crippen LogP contribution in [0.3, 0.4) is 0 Å². The summed E-state index contributed by atoms with van der Waals surface area (Å²) in [7, 11) is 0. The first kappa shape index (κ1) is 11.5. The lowest BCUT2D eigenvalue weighted by molar-refractivity contribution is 0.535. The van der Waals surface area contributed by atoms with Crippen LogP contribution in [0.15, 0.2) is 15.9 Å². The molecular formula is C10H14BrClS. The molecule has 74 valence electrons. The maximum absolute atomic E-state index is 6.17. The largest absolute Gasteiger partial charge is 0.133 e. The van der Waals surface area contributed by atoms with Crippen molar-refractivity contribution in [3.05, 3.63) is 20.8 Å². The lowest BCUT2D eigenvalue weighted by atomic mass is 10.0. The third kappa shape index (κ3) is 3.61. The van der Waals surface area contributed by atoms with Crippen LogP contribution >= 0.6 is 38.9 Å². The zero-order chi connectivity index (χ0) is 9.84. The minimum absolute atomic E-state index is 0.306. The van der Waals surface area contributed by atoms with Gasteiger partial charge in [0.15, 0.2) is 0 Å². The van der Waals surface area contributed by atoms with E-state index in [9.17, 15) is 0 Å². The molecule has 0 amide bonds. The second kappa shape index (κ2) is 5.38. The molecule has 3 heteroatoms. The van der Waals surface area contributed by atoms with Crippen LogP contribution in [-0.4, -0.2) is 5.38 Å². The highest BCUT2D eigenvalue weighted by Gasteiger charge is 2.13. The third-order valence-corrected chi connectivity index (χ3v) is 4.54. The molecule has 0 radical (unpaired) electrons. The lowest BCUT2D eigenvalue weighted by Gasteiger charge is -2.14. The van der Waals surface area contributed by atoms with Crippen molar-refractivity contribution in [3.8, 4) is 0 Å². The number of alkyl halides is 1. The van der Waals surface area contributed by atoms with E-state index >= 15 is 0 Å². The fraction of sp³-hybridized carbons (Fsp3) is 0.600. The van der Waals surface area contributed by atoms with Gasteiger partial charge in [-0.1, -0.05) is 13.8 Å². The molecule has 0 saturated carbocycles. The molecule has 1 aromatic rings. The van der Waals surface area contributed by atoms with E-state index in [0.717, 1.165) is 12.8 Å². The van der Waals surface area contributed by atoms with Crippen LogP contribution in [0.2, 0.25) is 0 Å². The molecule has 0 saturated heterocycles. The molecule has 0 aliphatic carbocycles. The molecule has 0 nitrogen and oxygen atoms in total. The molecule has 0 aliphatic heterocycles. The van der Waals surface area contributed by atoms with Gasteiger partial charge < -0.3 is 0 Å². The number of halogens is 2. The molecule has 13 heavy (non-hydrogen) atoms. The first-order valence-electron chi connectivity index (χ1n) is 4.51. The van der Waals surface area contributed by atoms with E-state index in [1.165, 1.54) is 8.66 Å². The Balaban J connectivity index is 2.49. The predicted molar refractivity (Wildman–Crippen MR) is 64.8 cm³/mol. The van der Waals surface area contributed by atoms with Crippen molar-refractivity contribution < 1.29 is 0 Å². The molecular weight excluding hydrogens is 268 g/mol. The van der Waals surface area contributed by atoms with Crippen molar-refractivity contribution in [2.24, 2.45) is 5.92 Å². The Morgan fingerprint density at radius 2 is 2.23 bits per heavy atom. The van der Waals surface area contributed by atoms with E-state index in [1.54, 1.807) is 11.3 Å². The minimum Gasteiger partial charge on any atom is -0.133 e. The molecule has 0 bridgehead atoms. The van der Waals surface area contributed by atoms with Crippen molar-refractivity contribution in [3.63, 3.8) is 0 Å². The maximum atomic E-state index is 6.17. The van der Waals surface area contributed by atoms with Crippen LogP contribution in [0.5, 0.6) is 0 Å².